The minimum Gasteiger partial charge on any atom is -0.380 e. The standard InChI is InChI=1S/C15H11ClN4/c16-12-4-3-10(7-17)14(6-12)19-8-11-9-20-15-13(11)2-1-5-18-15/h1-6,9,19H,8H2,(H,18,20). The number of rotatable bonds is 3. The zero-order valence-corrected chi connectivity index (χ0v) is 11.3. The van der Waals surface area contributed by atoms with Crippen molar-refractivity contribution in [1.29, 1.82) is 5.26 Å². The summed E-state index contributed by atoms with van der Waals surface area (Å²) in [4.78, 5) is 7.37. The molecule has 4 nitrogen and oxygen atoms in total. The molecule has 3 rings (SSSR count). The number of fused-ring (bicyclic) bond motifs is 1. The van der Waals surface area contributed by atoms with Gasteiger partial charge in [0.1, 0.15) is 11.7 Å². The molecule has 0 fully saturated rings. The van der Waals surface area contributed by atoms with E-state index >= 15 is 0 Å². The number of aromatic nitrogens is 2. The average molecular weight is 283 g/mol. The van der Waals surface area contributed by atoms with Gasteiger partial charge in [-0.2, -0.15) is 5.26 Å². The van der Waals surface area contributed by atoms with Crippen molar-refractivity contribution in [3.8, 4) is 6.07 Å². The molecular weight excluding hydrogens is 272 g/mol. The van der Waals surface area contributed by atoms with Crippen molar-refractivity contribution in [1.82, 2.24) is 9.97 Å². The molecule has 2 N–H and O–H groups in total. The molecule has 0 aliphatic rings. The van der Waals surface area contributed by atoms with Crippen molar-refractivity contribution in [3.63, 3.8) is 0 Å². The number of halogens is 1. The van der Waals surface area contributed by atoms with Gasteiger partial charge in [-0.15, -0.1) is 0 Å². The highest BCUT2D eigenvalue weighted by Gasteiger charge is 2.06. The number of nitrogens with zero attached hydrogens (tertiary/aromatic N) is 2. The summed E-state index contributed by atoms with van der Waals surface area (Å²) < 4.78 is 0. The lowest BCUT2D eigenvalue weighted by Gasteiger charge is -2.08. The molecule has 0 amide bonds. The molecule has 0 atom stereocenters. The first-order chi connectivity index (χ1) is 9.78. The van der Waals surface area contributed by atoms with Crippen molar-refractivity contribution in [2.24, 2.45) is 0 Å². The molecule has 2 aromatic heterocycles. The lowest BCUT2D eigenvalue weighted by atomic mass is 10.1. The molecule has 2 heterocycles. The fourth-order valence-electron chi connectivity index (χ4n) is 2.11. The lowest BCUT2D eigenvalue weighted by Crippen LogP contribution is -2.00. The van der Waals surface area contributed by atoms with Gasteiger partial charge in [0.2, 0.25) is 0 Å². The first-order valence-corrected chi connectivity index (χ1v) is 6.50. The van der Waals surface area contributed by atoms with Crippen LogP contribution >= 0.6 is 11.6 Å². The van der Waals surface area contributed by atoms with E-state index in [1.165, 1.54) is 0 Å². The maximum absolute atomic E-state index is 9.09. The van der Waals surface area contributed by atoms with Gasteiger partial charge in [-0.3, -0.25) is 0 Å². The van der Waals surface area contributed by atoms with Gasteiger partial charge in [-0.25, -0.2) is 4.98 Å². The number of nitriles is 1. The zero-order valence-electron chi connectivity index (χ0n) is 10.5. The molecule has 5 heteroatoms. The van der Waals surface area contributed by atoms with Crippen LogP contribution in [0.2, 0.25) is 5.02 Å². The SMILES string of the molecule is N#Cc1ccc(Cl)cc1NCc1c[nH]c2ncccc12. The number of aromatic amines is 1. The summed E-state index contributed by atoms with van der Waals surface area (Å²) in [7, 11) is 0. The van der Waals surface area contributed by atoms with Crippen LogP contribution in [-0.2, 0) is 6.54 Å². The quantitative estimate of drug-likeness (QED) is 0.770. The molecule has 1 aromatic carbocycles. The Balaban J connectivity index is 1.87. The summed E-state index contributed by atoms with van der Waals surface area (Å²) in [6.07, 6.45) is 3.67. The second kappa shape index (κ2) is 5.24. The Hall–Kier alpha value is -2.51. The third-order valence-corrected chi connectivity index (χ3v) is 3.34. The molecule has 0 saturated heterocycles. The third kappa shape index (κ3) is 2.31. The number of benzene rings is 1. The predicted molar refractivity (Wildman–Crippen MR) is 79.6 cm³/mol. The average Bonchev–Trinajstić information content (AvgIpc) is 2.88. The van der Waals surface area contributed by atoms with Crippen LogP contribution in [0, 0.1) is 11.3 Å². The first kappa shape index (κ1) is 12.5. The highest BCUT2D eigenvalue weighted by Crippen LogP contribution is 2.22. The summed E-state index contributed by atoms with van der Waals surface area (Å²) in [6, 6.07) is 11.2. The van der Waals surface area contributed by atoms with E-state index in [4.69, 9.17) is 16.9 Å². The van der Waals surface area contributed by atoms with Crippen molar-refractivity contribution in [2.45, 2.75) is 6.54 Å². The fraction of sp³-hybridized carbons (Fsp3) is 0.0667. The Kier molecular flexibility index (Phi) is 3.28. The van der Waals surface area contributed by atoms with Crippen molar-refractivity contribution >= 4 is 28.3 Å². The largest absolute Gasteiger partial charge is 0.380 e. The smallest absolute Gasteiger partial charge is 0.137 e. The molecule has 98 valence electrons. The monoisotopic (exact) mass is 282 g/mol. The Morgan fingerprint density at radius 3 is 3.10 bits per heavy atom. The second-order valence-corrected chi connectivity index (χ2v) is 4.81. The highest BCUT2D eigenvalue weighted by atomic mass is 35.5. The van der Waals surface area contributed by atoms with Crippen LogP contribution in [0.5, 0.6) is 0 Å². The molecule has 0 saturated carbocycles. The number of anilines is 1. The van der Waals surface area contributed by atoms with Gasteiger partial charge in [0.05, 0.1) is 11.3 Å². The van der Waals surface area contributed by atoms with Gasteiger partial charge in [0.25, 0.3) is 0 Å². The van der Waals surface area contributed by atoms with Gasteiger partial charge in [-0.1, -0.05) is 11.6 Å². The third-order valence-electron chi connectivity index (χ3n) is 3.11. The summed E-state index contributed by atoms with van der Waals surface area (Å²) >= 11 is 5.96. The van der Waals surface area contributed by atoms with E-state index in [0.29, 0.717) is 17.1 Å². The number of pyridine rings is 1. The van der Waals surface area contributed by atoms with Crippen LogP contribution in [0.15, 0.2) is 42.7 Å². The van der Waals surface area contributed by atoms with Crippen molar-refractivity contribution < 1.29 is 0 Å². The molecule has 0 spiro atoms. The maximum atomic E-state index is 9.09. The molecular formula is C15H11ClN4. The lowest BCUT2D eigenvalue weighted by molar-refractivity contribution is 1.16. The van der Waals surface area contributed by atoms with E-state index in [0.717, 1.165) is 22.3 Å². The molecule has 0 unspecified atom stereocenters. The van der Waals surface area contributed by atoms with Gasteiger partial charge in [0, 0.05) is 29.3 Å². The summed E-state index contributed by atoms with van der Waals surface area (Å²) in [6.45, 7) is 0.598. The number of nitrogens with one attached hydrogen (secondary N) is 2. The minimum atomic E-state index is 0.576. The molecule has 0 bridgehead atoms. The van der Waals surface area contributed by atoms with Crippen LogP contribution in [0.4, 0.5) is 5.69 Å². The van der Waals surface area contributed by atoms with Crippen LogP contribution in [0.1, 0.15) is 11.1 Å². The van der Waals surface area contributed by atoms with Crippen molar-refractivity contribution in [2.75, 3.05) is 5.32 Å². The van der Waals surface area contributed by atoms with E-state index < -0.39 is 0 Å². The minimum absolute atomic E-state index is 0.576. The molecule has 0 radical (unpaired) electrons. The molecule has 0 aliphatic heterocycles. The van der Waals surface area contributed by atoms with Crippen molar-refractivity contribution in [3.05, 3.63) is 58.9 Å². The highest BCUT2D eigenvalue weighted by molar-refractivity contribution is 6.30. The van der Waals surface area contributed by atoms with Gasteiger partial charge < -0.3 is 10.3 Å². The molecule has 0 aliphatic carbocycles. The molecule has 3 aromatic rings. The van der Waals surface area contributed by atoms with E-state index in [2.05, 4.69) is 21.4 Å². The fourth-order valence-corrected chi connectivity index (χ4v) is 2.28. The second-order valence-electron chi connectivity index (χ2n) is 4.37. The summed E-state index contributed by atoms with van der Waals surface area (Å²) in [5.41, 5.74) is 3.26. The summed E-state index contributed by atoms with van der Waals surface area (Å²) in [5, 5.41) is 14.0. The maximum Gasteiger partial charge on any atom is 0.137 e. The Labute approximate surface area is 121 Å². The van der Waals surface area contributed by atoms with Gasteiger partial charge in [0.15, 0.2) is 0 Å². The number of hydrogen-bond acceptors (Lipinski definition) is 3. The first-order valence-electron chi connectivity index (χ1n) is 6.12. The number of hydrogen-bond donors (Lipinski definition) is 2. The van der Waals surface area contributed by atoms with E-state index in [1.54, 1.807) is 24.4 Å². The van der Waals surface area contributed by atoms with Crippen LogP contribution in [-0.4, -0.2) is 9.97 Å². The topological polar surface area (TPSA) is 64.5 Å². The Morgan fingerprint density at radius 1 is 1.35 bits per heavy atom. The van der Waals surface area contributed by atoms with Crippen LogP contribution < -0.4 is 5.32 Å². The van der Waals surface area contributed by atoms with Crippen LogP contribution in [0.3, 0.4) is 0 Å². The number of H-pyrrole nitrogens is 1. The van der Waals surface area contributed by atoms with Gasteiger partial charge >= 0.3 is 0 Å². The predicted octanol–water partition coefficient (Wildman–Crippen LogP) is 3.70. The Morgan fingerprint density at radius 2 is 2.25 bits per heavy atom. The molecule has 20 heavy (non-hydrogen) atoms. The van der Waals surface area contributed by atoms with E-state index in [1.807, 2.05) is 18.3 Å². The van der Waals surface area contributed by atoms with Gasteiger partial charge in [-0.05, 0) is 35.9 Å². The normalized spacial score (nSPS) is 10.4. The van der Waals surface area contributed by atoms with E-state index in [-0.39, 0.29) is 0 Å². The Bertz CT molecular complexity index is 801. The zero-order chi connectivity index (χ0) is 13.9. The van der Waals surface area contributed by atoms with E-state index in [9.17, 15) is 0 Å². The van der Waals surface area contributed by atoms with Crippen LogP contribution in [0.25, 0.3) is 11.0 Å². The summed E-state index contributed by atoms with van der Waals surface area (Å²) in [5.74, 6) is 0.